The minimum absolute atomic E-state index is 0.0600. The van der Waals surface area contributed by atoms with Gasteiger partial charge in [0.25, 0.3) is 0 Å². The lowest BCUT2D eigenvalue weighted by molar-refractivity contribution is -0.142. The van der Waals surface area contributed by atoms with Gasteiger partial charge in [0.05, 0.1) is 5.88 Å². The van der Waals surface area contributed by atoms with Crippen molar-refractivity contribution in [1.82, 2.24) is 9.78 Å². The fourth-order valence-corrected chi connectivity index (χ4v) is 1.65. The molecule has 15 heavy (non-hydrogen) atoms. The standard InChI is InChI=1S/C9H10ClF3N2/c10-3-7-5-15(4-6-1-2-6)14-8(7)9(11,12)13/h5-6H,1-4H2. The van der Waals surface area contributed by atoms with Crippen LogP contribution in [0.1, 0.15) is 24.1 Å². The maximum Gasteiger partial charge on any atom is 0.435 e. The van der Waals surface area contributed by atoms with Crippen LogP contribution in [0.5, 0.6) is 0 Å². The van der Waals surface area contributed by atoms with Crippen molar-refractivity contribution in [2.24, 2.45) is 5.92 Å². The molecule has 84 valence electrons. The van der Waals surface area contributed by atoms with Gasteiger partial charge in [0.1, 0.15) is 0 Å². The van der Waals surface area contributed by atoms with Crippen molar-refractivity contribution in [2.45, 2.75) is 31.4 Å². The molecule has 0 amide bonds. The minimum Gasteiger partial charge on any atom is -0.272 e. The Morgan fingerprint density at radius 2 is 2.13 bits per heavy atom. The molecule has 0 atom stereocenters. The third-order valence-electron chi connectivity index (χ3n) is 2.39. The van der Waals surface area contributed by atoms with Crippen molar-refractivity contribution in [1.29, 1.82) is 0 Å². The van der Waals surface area contributed by atoms with Crippen LogP contribution in [0.3, 0.4) is 0 Å². The van der Waals surface area contributed by atoms with Crippen molar-refractivity contribution >= 4 is 11.6 Å². The van der Waals surface area contributed by atoms with Crippen molar-refractivity contribution in [3.8, 4) is 0 Å². The Balaban J connectivity index is 2.23. The highest BCUT2D eigenvalue weighted by Gasteiger charge is 2.37. The zero-order chi connectivity index (χ0) is 11.1. The number of halogens is 4. The average Bonchev–Trinajstić information content (AvgIpc) is 2.81. The summed E-state index contributed by atoms with van der Waals surface area (Å²) < 4.78 is 38.8. The van der Waals surface area contributed by atoms with Gasteiger partial charge >= 0.3 is 6.18 Å². The molecule has 0 aliphatic heterocycles. The predicted octanol–water partition coefficient (Wildman–Crippen LogP) is 3.05. The van der Waals surface area contributed by atoms with Gasteiger partial charge < -0.3 is 0 Å². The zero-order valence-electron chi connectivity index (χ0n) is 7.89. The average molecular weight is 239 g/mol. The summed E-state index contributed by atoms with van der Waals surface area (Å²) in [6, 6.07) is 0. The summed E-state index contributed by atoms with van der Waals surface area (Å²) in [7, 11) is 0. The Labute approximate surface area is 90.0 Å². The number of aromatic nitrogens is 2. The predicted molar refractivity (Wildman–Crippen MR) is 49.5 cm³/mol. The van der Waals surface area contributed by atoms with Crippen LogP contribution < -0.4 is 0 Å². The molecule has 6 heteroatoms. The second-order valence-electron chi connectivity index (χ2n) is 3.80. The number of hydrogen-bond donors (Lipinski definition) is 0. The number of alkyl halides is 4. The van der Waals surface area contributed by atoms with E-state index in [1.165, 1.54) is 10.9 Å². The smallest absolute Gasteiger partial charge is 0.272 e. The second-order valence-corrected chi connectivity index (χ2v) is 4.07. The van der Waals surface area contributed by atoms with Crippen LogP contribution in [0, 0.1) is 5.92 Å². The molecular weight excluding hydrogens is 229 g/mol. The zero-order valence-corrected chi connectivity index (χ0v) is 8.65. The molecule has 2 nitrogen and oxygen atoms in total. The summed E-state index contributed by atoms with van der Waals surface area (Å²) in [5.74, 6) is 0.341. The molecule has 0 aromatic carbocycles. The molecular formula is C9H10ClF3N2. The van der Waals surface area contributed by atoms with Crippen LogP contribution in [0.15, 0.2) is 6.20 Å². The molecule has 0 unspecified atom stereocenters. The van der Waals surface area contributed by atoms with Gasteiger partial charge in [0.2, 0.25) is 0 Å². The van der Waals surface area contributed by atoms with Crippen LogP contribution in [0.4, 0.5) is 13.2 Å². The SMILES string of the molecule is FC(F)(F)c1nn(CC2CC2)cc1CCl. The lowest BCUT2D eigenvalue weighted by Gasteiger charge is -2.03. The van der Waals surface area contributed by atoms with E-state index < -0.39 is 11.9 Å². The third kappa shape index (κ3) is 2.45. The van der Waals surface area contributed by atoms with Gasteiger partial charge in [0, 0.05) is 18.3 Å². The lowest BCUT2D eigenvalue weighted by Crippen LogP contribution is -2.10. The Kier molecular flexibility index (Phi) is 2.66. The Morgan fingerprint density at radius 3 is 2.53 bits per heavy atom. The summed E-state index contributed by atoms with van der Waals surface area (Å²) in [6.45, 7) is 0.569. The molecule has 1 aliphatic rings. The summed E-state index contributed by atoms with van der Waals surface area (Å²) in [5, 5.41) is 3.54. The van der Waals surface area contributed by atoms with E-state index >= 15 is 0 Å². The second kappa shape index (κ2) is 3.70. The van der Waals surface area contributed by atoms with E-state index in [9.17, 15) is 13.2 Å². The van der Waals surface area contributed by atoms with Gasteiger partial charge in [-0.05, 0) is 18.8 Å². The minimum atomic E-state index is -4.40. The summed E-state index contributed by atoms with van der Waals surface area (Å²) >= 11 is 5.45. The normalized spacial score (nSPS) is 17.1. The van der Waals surface area contributed by atoms with E-state index in [-0.39, 0.29) is 11.4 Å². The van der Waals surface area contributed by atoms with Crippen LogP contribution in [0.25, 0.3) is 0 Å². The molecule has 1 fully saturated rings. The third-order valence-corrected chi connectivity index (χ3v) is 2.68. The summed E-state index contributed by atoms with van der Waals surface area (Å²) in [4.78, 5) is 0. The van der Waals surface area contributed by atoms with Gasteiger partial charge in [-0.3, -0.25) is 4.68 Å². The highest BCUT2D eigenvalue weighted by atomic mass is 35.5. The van der Waals surface area contributed by atoms with Gasteiger partial charge in [-0.15, -0.1) is 11.6 Å². The highest BCUT2D eigenvalue weighted by Crippen LogP contribution is 2.34. The molecule has 1 aromatic rings. The highest BCUT2D eigenvalue weighted by molar-refractivity contribution is 6.17. The van der Waals surface area contributed by atoms with E-state index in [0.29, 0.717) is 12.5 Å². The van der Waals surface area contributed by atoms with Crippen molar-refractivity contribution in [3.63, 3.8) is 0 Å². The van der Waals surface area contributed by atoms with Crippen LogP contribution >= 0.6 is 11.6 Å². The molecule has 0 N–H and O–H groups in total. The Bertz CT molecular complexity index is 355. The van der Waals surface area contributed by atoms with Gasteiger partial charge in [-0.2, -0.15) is 18.3 Å². The quantitative estimate of drug-likeness (QED) is 0.740. The molecule has 0 radical (unpaired) electrons. The number of hydrogen-bond acceptors (Lipinski definition) is 1. The first-order valence-electron chi connectivity index (χ1n) is 4.70. The maximum absolute atomic E-state index is 12.5. The maximum atomic E-state index is 12.5. The van der Waals surface area contributed by atoms with Crippen LogP contribution in [-0.4, -0.2) is 9.78 Å². The first kappa shape index (κ1) is 10.8. The molecule has 2 rings (SSSR count). The van der Waals surface area contributed by atoms with Gasteiger partial charge in [-0.25, -0.2) is 0 Å². The monoisotopic (exact) mass is 238 g/mol. The number of nitrogens with zero attached hydrogens (tertiary/aromatic N) is 2. The molecule has 1 saturated carbocycles. The van der Waals surface area contributed by atoms with Gasteiger partial charge in [0.15, 0.2) is 5.69 Å². The Hall–Kier alpha value is -0.710. The van der Waals surface area contributed by atoms with Crippen LogP contribution in [0.2, 0.25) is 0 Å². The summed E-state index contributed by atoms with van der Waals surface area (Å²) in [5.41, 5.74) is -0.789. The van der Waals surface area contributed by atoms with E-state index in [1.54, 1.807) is 0 Å². The topological polar surface area (TPSA) is 17.8 Å². The molecule has 1 aromatic heterocycles. The molecule has 1 aliphatic carbocycles. The summed E-state index contributed by atoms with van der Waals surface area (Å²) in [6.07, 6.45) is -0.845. The fourth-order valence-electron chi connectivity index (χ4n) is 1.46. The molecule has 0 bridgehead atoms. The van der Waals surface area contributed by atoms with Crippen molar-refractivity contribution < 1.29 is 13.2 Å². The van der Waals surface area contributed by atoms with E-state index in [4.69, 9.17) is 11.6 Å². The first-order chi connectivity index (χ1) is 7.00. The number of rotatable bonds is 3. The molecule has 0 spiro atoms. The van der Waals surface area contributed by atoms with Crippen molar-refractivity contribution in [2.75, 3.05) is 0 Å². The Morgan fingerprint density at radius 1 is 1.47 bits per heavy atom. The lowest BCUT2D eigenvalue weighted by atomic mass is 10.3. The van der Waals surface area contributed by atoms with Crippen molar-refractivity contribution in [3.05, 3.63) is 17.5 Å². The van der Waals surface area contributed by atoms with E-state index in [1.807, 2.05) is 0 Å². The largest absolute Gasteiger partial charge is 0.435 e. The fraction of sp³-hybridized carbons (Fsp3) is 0.667. The van der Waals surface area contributed by atoms with Crippen LogP contribution in [-0.2, 0) is 18.6 Å². The van der Waals surface area contributed by atoms with E-state index in [2.05, 4.69) is 5.10 Å². The first-order valence-corrected chi connectivity index (χ1v) is 5.23. The van der Waals surface area contributed by atoms with Gasteiger partial charge in [-0.1, -0.05) is 0 Å². The molecule has 1 heterocycles. The van der Waals surface area contributed by atoms with E-state index in [0.717, 1.165) is 12.8 Å². The molecule has 0 saturated heterocycles.